The van der Waals surface area contributed by atoms with Crippen molar-refractivity contribution in [1.29, 1.82) is 0 Å². The van der Waals surface area contributed by atoms with Crippen molar-refractivity contribution in [2.24, 2.45) is 0 Å². The van der Waals surface area contributed by atoms with Crippen LogP contribution in [-0.2, 0) is 9.53 Å². The minimum Gasteiger partial charge on any atom is -0.451 e. The fourth-order valence-corrected chi connectivity index (χ4v) is 2.68. The number of carbonyl (C=O) groups is 2. The molecule has 4 rings (SSSR count). The molecule has 0 saturated heterocycles. The maximum absolute atomic E-state index is 12.1. The molecule has 0 unspecified atom stereocenters. The summed E-state index contributed by atoms with van der Waals surface area (Å²) >= 11 is 0. The van der Waals surface area contributed by atoms with Crippen LogP contribution in [-0.4, -0.2) is 38.2 Å². The molecular formula is C20H15N5O4. The Balaban J connectivity index is 1.38. The van der Waals surface area contributed by atoms with E-state index in [4.69, 9.17) is 4.74 Å². The van der Waals surface area contributed by atoms with E-state index in [0.29, 0.717) is 16.7 Å². The lowest BCUT2D eigenvalue weighted by Crippen LogP contribution is -2.21. The van der Waals surface area contributed by atoms with E-state index in [-0.39, 0.29) is 17.1 Å². The van der Waals surface area contributed by atoms with Crippen molar-refractivity contribution in [3.63, 3.8) is 0 Å². The number of H-pyrrole nitrogens is 1. The van der Waals surface area contributed by atoms with Gasteiger partial charge in [0.2, 0.25) is 0 Å². The van der Waals surface area contributed by atoms with E-state index in [2.05, 4.69) is 20.4 Å². The van der Waals surface area contributed by atoms with Gasteiger partial charge < -0.3 is 10.1 Å². The lowest BCUT2D eigenvalue weighted by Gasteiger charge is -2.06. The number of carbonyl (C=O) groups excluding carboxylic acids is 2. The summed E-state index contributed by atoms with van der Waals surface area (Å²) < 4.78 is 6.26. The van der Waals surface area contributed by atoms with Gasteiger partial charge in [-0.2, -0.15) is 0 Å². The van der Waals surface area contributed by atoms with E-state index in [1.54, 1.807) is 42.5 Å². The van der Waals surface area contributed by atoms with Crippen LogP contribution >= 0.6 is 0 Å². The Labute approximate surface area is 164 Å². The Morgan fingerprint density at radius 3 is 2.55 bits per heavy atom. The molecule has 0 bridgehead atoms. The molecular weight excluding hydrogens is 374 g/mol. The summed E-state index contributed by atoms with van der Waals surface area (Å²) in [5.74, 6) is -1.19. The number of aromatic amines is 1. The van der Waals surface area contributed by atoms with Crippen LogP contribution in [0.3, 0.4) is 0 Å². The molecule has 2 aromatic carbocycles. The molecule has 0 spiro atoms. The highest BCUT2D eigenvalue weighted by Crippen LogP contribution is 2.09. The van der Waals surface area contributed by atoms with Crippen LogP contribution in [0.1, 0.15) is 10.5 Å². The zero-order valence-electron chi connectivity index (χ0n) is 15.0. The first-order chi connectivity index (χ1) is 14.1. The van der Waals surface area contributed by atoms with Gasteiger partial charge in [0.1, 0.15) is 5.82 Å². The number of anilines is 1. The second-order valence-electron chi connectivity index (χ2n) is 6.05. The normalized spacial score (nSPS) is 10.6. The average molecular weight is 389 g/mol. The first-order valence-corrected chi connectivity index (χ1v) is 8.66. The zero-order chi connectivity index (χ0) is 20.2. The molecule has 0 aliphatic carbocycles. The molecule has 0 radical (unpaired) electrons. The summed E-state index contributed by atoms with van der Waals surface area (Å²) in [6.07, 6.45) is 1.29. The van der Waals surface area contributed by atoms with Crippen LogP contribution in [0, 0.1) is 0 Å². The second-order valence-corrected chi connectivity index (χ2v) is 6.05. The fourth-order valence-electron chi connectivity index (χ4n) is 2.68. The fraction of sp³-hybridized carbons (Fsp3) is 0.0500. The van der Waals surface area contributed by atoms with E-state index in [0.717, 1.165) is 0 Å². The molecule has 1 amide bonds. The third kappa shape index (κ3) is 4.03. The predicted molar refractivity (Wildman–Crippen MR) is 105 cm³/mol. The van der Waals surface area contributed by atoms with Gasteiger partial charge in [-0.25, -0.2) is 14.5 Å². The largest absolute Gasteiger partial charge is 0.451 e. The predicted octanol–water partition coefficient (Wildman–Crippen LogP) is 1.90. The number of ether oxygens (including phenoxy) is 1. The van der Waals surface area contributed by atoms with Crippen LogP contribution in [0.4, 0.5) is 5.82 Å². The molecule has 0 saturated carbocycles. The van der Waals surface area contributed by atoms with Crippen molar-refractivity contribution in [2.45, 2.75) is 0 Å². The molecule has 2 N–H and O–H groups in total. The number of hydrogen-bond acceptors (Lipinski definition) is 6. The van der Waals surface area contributed by atoms with Crippen LogP contribution in [0.15, 0.2) is 71.7 Å². The molecule has 0 aliphatic heterocycles. The molecule has 0 atom stereocenters. The molecule has 0 aliphatic rings. The number of rotatable bonds is 5. The third-order valence-corrected chi connectivity index (χ3v) is 4.00. The summed E-state index contributed by atoms with van der Waals surface area (Å²) in [4.78, 5) is 44.5. The lowest BCUT2D eigenvalue weighted by molar-refractivity contribution is -0.119. The minimum atomic E-state index is -0.770. The van der Waals surface area contributed by atoms with Crippen LogP contribution in [0.25, 0.3) is 16.7 Å². The molecule has 9 nitrogen and oxygen atoms in total. The highest BCUT2D eigenvalue weighted by atomic mass is 16.5. The van der Waals surface area contributed by atoms with Gasteiger partial charge in [0, 0.05) is 6.07 Å². The van der Waals surface area contributed by atoms with Gasteiger partial charge in [0.05, 0.1) is 22.9 Å². The third-order valence-electron chi connectivity index (χ3n) is 4.00. The van der Waals surface area contributed by atoms with Crippen molar-refractivity contribution in [3.8, 4) is 5.69 Å². The van der Waals surface area contributed by atoms with Crippen LogP contribution < -0.4 is 10.9 Å². The number of amides is 1. The summed E-state index contributed by atoms with van der Waals surface area (Å²) in [5.41, 5.74) is 1.48. The summed E-state index contributed by atoms with van der Waals surface area (Å²) in [6.45, 7) is -0.536. The molecule has 144 valence electrons. The molecule has 0 fully saturated rings. The first-order valence-electron chi connectivity index (χ1n) is 8.66. The van der Waals surface area contributed by atoms with Gasteiger partial charge in [0.25, 0.3) is 11.5 Å². The van der Waals surface area contributed by atoms with Crippen molar-refractivity contribution >= 4 is 28.7 Å². The number of nitrogens with one attached hydrogen (secondary N) is 2. The van der Waals surface area contributed by atoms with Crippen LogP contribution in [0.2, 0.25) is 0 Å². The highest BCUT2D eigenvalue weighted by Gasteiger charge is 2.14. The Bertz CT molecular complexity index is 1250. The first kappa shape index (κ1) is 18.1. The van der Waals surface area contributed by atoms with Gasteiger partial charge >= 0.3 is 5.97 Å². The number of benzene rings is 2. The van der Waals surface area contributed by atoms with Crippen molar-refractivity contribution in [2.75, 3.05) is 11.9 Å². The van der Waals surface area contributed by atoms with Gasteiger partial charge in [-0.1, -0.05) is 30.3 Å². The number of hydrogen-bond donors (Lipinski definition) is 2. The standard InChI is InChI=1S/C20H15N5O4/c26-18(23-17-10-19(27)25(24-17)13-6-2-1-3-7-13)12-29-20(28)16-11-21-14-8-4-5-9-15(14)22-16/h1-11,24H,12H2,(H,23,26). The number of para-hydroxylation sites is 3. The molecule has 9 heteroatoms. The van der Waals surface area contributed by atoms with Gasteiger partial charge in [-0.15, -0.1) is 0 Å². The quantitative estimate of drug-likeness (QED) is 0.503. The lowest BCUT2D eigenvalue weighted by atomic mass is 10.3. The van der Waals surface area contributed by atoms with E-state index in [1.165, 1.54) is 16.9 Å². The monoisotopic (exact) mass is 389 g/mol. The van der Waals surface area contributed by atoms with Gasteiger partial charge in [-0.3, -0.25) is 19.7 Å². The summed E-state index contributed by atoms with van der Waals surface area (Å²) in [7, 11) is 0. The average Bonchev–Trinajstić information content (AvgIpc) is 3.12. The minimum absolute atomic E-state index is 0.000127. The summed E-state index contributed by atoms with van der Waals surface area (Å²) in [6, 6.07) is 17.2. The van der Waals surface area contributed by atoms with E-state index < -0.39 is 18.5 Å². The molecule has 4 aromatic rings. The van der Waals surface area contributed by atoms with Crippen molar-refractivity contribution < 1.29 is 14.3 Å². The number of esters is 1. The van der Waals surface area contributed by atoms with E-state index in [9.17, 15) is 14.4 Å². The molecule has 2 aromatic heterocycles. The Kier molecular flexibility index (Phi) is 4.85. The molecule has 2 heterocycles. The zero-order valence-corrected chi connectivity index (χ0v) is 15.0. The van der Waals surface area contributed by atoms with E-state index >= 15 is 0 Å². The Hall–Kier alpha value is -4.27. The van der Waals surface area contributed by atoms with E-state index in [1.807, 2.05) is 12.1 Å². The van der Waals surface area contributed by atoms with Crippen LogP contribution in [0.5, 0.6) is 0 Å². The van der Waals surface area contributed by atoms with Crippen molar-refractivity contribution in [3.05, 3.63) is 82.9 Å². The topological polar surface area (TPSA) is 119 Å². The number of aromatic nitrogens is 4. The maximum atomic E-state index is 12.1. The van der Waals surface area contributed by atoms with Gasteiger partial charge in [-0.05, 0) is 24.3 Å². The second kappa shape index (κ2) is 7.77. The Morgan fingerprint density at radius 1 is 1.03 bits per heavy atom. The Morgan fingerprint density at radius 2 is 1.76 bits per heavy atom. The van der Waals surface area contributed by atoms with Crippen molar-refractivity contribution in [1.82, 2.24) is 19.7 Å². The highest BCUT2D eigenvalue weighted by molar-refractivity contribution is 5.94. The number of nitrogens with zero attached hydrogens (tertiary/aromatic N) is 3. The SMILES string of the molecule is O=C(COC(=O)c1cnc2ccccc2n1)Nc1cc(=O)n(-c2ccccc2)[nH]1. The smallest absolute Gasteiger partial charge is 0.359 e. The molecule has 29 heavy (non-hydrogen) atoms. The summed E-state index contributed by atoms with van der Waals surface area (Å²) in [5, 5.41) is 5.26. The maximum Gasteiger partial charge on any atom is 0.359 e. The number of fused-ring (bicyclic) bond motifs is 1. The van der Waals surface area contributed by atoms with Gasteiger partial charge in [0.15, 0.2) is 12.3 Å².